The van der Waals surface area contributed by atoms with Crippen molar-refractivity contribution >= 4 is 11.8 Å². The van der Waals surface area contributed by atoms with Crippen molar-refractivity contribution in [3.63, 3.8) is 0 Å². The second-order valence-electron chi connectivity index (χ2n) is 2.97. The predicted octanol–water partition coefficient (Wildman–Crippen LogP) is 0.571. The molecule has 0 aliphatic heterocycles. The number of carbonyl (C=O) groups is 2. The standard InChI is InChI=1S/C9H15NO3/c1-6(2)8(11)7(9(12)13)4-3-5-10/h7H,1,3-5,10H2,2H3,(H,12,13). The predicted molar refractivity (Wildman–Crippen MR) is 49.2 cm³/mol. The van der Waals surface area contributed by atoms with E-state index in [0.29, 0.717) is 13.0 Å². The molecule has 0 aliphatic rings. The average Bonchev–Trinajstić information content (AvgIpc) is 2.04. The summed E-state index contributed by atoms with van der Waals surface area (Å²) in [6.45, 7) is 5.33. The molecule has 4 nitrogen and oxygen atoms in total. The van der Waals surface area contributed by atoms with Gasteiger partial charge < -0.3 is 10.8 Å². The van der Waals surface area contributed by atoms with Crippen molar-refractivity contribution in [3.05, 3.63) is 12.2 Å². The fourth-order valence-corrected chi connectivity index (χ4v) is 0.986. The lowest BCUT2D eigenvalue weighted by Gasteiger charge is -2.09. The summed E-state index contributed by atoms with van der Waals surface area (Å²) in [7, 11) is 0. The largest absolute Gasteiger partial charge is 0.481 e. The van der Waals surface area contributed by atoms with Gasteiger partial charge in [-0.25, -0.2) is 0 Å². The van der Waals surface area contributed by atoms with Crippen LogP contribution in [-0.2, 0) is 9.59 Å². The minimum absolute atomic E-state index is 0.282. The van der Waals surface area contributed by atoms with Crippen LogP contribution in [0, 0.1) is 5.92 Å². The molecular formula is C9H15NO3. The van der Waals surface area contributed by atoms with Crippen LogP contribution in [-0.4, -0.2) is 23.4 Å². The number of ketones is 1. The lowest BCUT2D eigenvalue weighted by molar-refractivity contribution is -0.145. The Bertz CT molecular complexity index is 223. The van der Waals surface area contributed by atoms with E-state index in [1.165, 1.54) is 6.92 Å². The number of carboxylic acid groups (broad SMARTS) is 1. The Morgan fingerprint density at radius 3 is 2.38 bits per heavy atom. The fraction of sp³-hybridized carbons (Fsp3) is 0.556. The number of rotatable bonds is 6. The summed E-state index contributed by atoms with van der Waals surface area (Å²) >= 11 is 0. The molecule has 0 heterocycles. The van der Waals surface area contributed by atoms with Gasteiger partial charge >= 0.3 is 5.97 Å². The lowest BCUT2D eigenvalue weighted by Crippen LogP contribution is -2.25. The highest BCUT2D eigenvalue weighted by Crippen LogP contribution is 2.11. The van der Waals surface area contributed by atoms with Gasteiger partial charge in [-0.1, -0.05) is 6.58 Å². The highest BCUT2D eigenvalue weighted by molar-refractivity contribution is 6.07. The molecule has 0 fully saturated rings. The molecule has 0 aliphatic carbocycles. The second kappa shape index (κ2) is 5.48. The monoisotopic (exact) mass is 185 g/mol. The summed E-state index contributed by atoms with van der Waals surface area (Å²) in [5.74, 6) is -2.47. The number of hydrogen-bond donors (Lipinski definition) is 2. The molecule has 4 heteroatoms. The summed E-state index contributed by atoms with van der Waals surface area (Å²) in [5.41, 5.74) is 5.51. The fourth-order valence-electron chi connectivity index (χ4n) is 0.986. The number of Topliss-reactive ketones (excluding diaryl/α,β-unsaturated/α-hetero) is 1. The van der Waals surface area contributed by atoms with Crippen molar-refractivity contribution in [3.8, 4) is 0 Å². The molecule has 0 saturated carbocycles. The number of aliphatic carboxylic acids is 1. The van der Waals surface area contributed by atoms with E-state index in [9.17, 15) is 9.59 Å². The number of carboxylic acids is 1. The van der Waals surface area contributed by atoms with Crippen LogP contribution in [0.5, 0.6) is 0 Å². The van der Waals surface area contributed by atoms with Gasteiger partial charge in [-0.05, 0) is 31.9 Å². The highest BCUT2D eigenvalue weighted by Gasteiger charge is 2.25. The van der Waals surface area contributed by atoms with Crippen molar-refractivity contribution < 1.29 is 14.7 Å². The third-order valence-corrected chi connectivity index (χ3v) is 1.73. The van der Waals surface area contributed by atoms with Crippen LogP contribution in [0.3, 0.4) is 0 Å². The molecule has 3 N–H and O–H groups in total. The molecule has 0 saturated heterocycles. The first-order valence-electron chi connectivity index (χ1n) is 4.13. The molecular weight excluding hydrogens is 170 g/mol. The Morgan fingerprint density at radius 2 is 2.08 bits per heavy atom. The van der Waals surface area contributed by atoms with Gasteiger partial charge in [0.15, 0.2) is 5.78 Å². The third-order valence-electron chi connectivity index (χ3n) is 1.73. The van der Waals surface area contributed by atoms with Crippen LogP contribution in [0.25, 0.3) is 0 Å². The van der Waals surface area contributed by atoms with E-state index in [1.54, 1.807) is 0 Å². The van der Waals surface area contributed by atoms with Gasteiger partial charge in [-0.3, -0.25) is 9.59 Å². The molecule has 0 aromatic rings. The summed E-state index contributed by atoms with van der Waals surface area (Å²) in [6, 6.07) is 0. The quantitative estimate of drug-likeness (QED) is 0.468. The summed E-state index contributed by atoms with van der Waals surface area (Å²) in [5, 5.41) is 8.72. The second-order valence-corrected chi connectivity index (χ2v) is 2.97. The van der Waals surface area contributed by atoms with Crippen LogP contribution in [0.2, 0.25) is 0 Å². The Morgan fingerprint density at radius 1 is 1.54 bits per heavy atom. The Balaban J connectivity index is 4.33. The molecule has 0 radical (unpaired) electrons. The number of carbonyl (C=O) groups excluding carboxylic acids is 1. The first-order chi connectivity index (χ1) is 6.00. The first-order valence-corrected chi connectivity index (χ1v) is 4.13. The Kier molecular flexibility index (Phi) is 4.99. The third kappa shape index (κ3) is 3.85. The summed E-state index contributed by atoms with van der Waals surface area (Å²) in [4.78, 5) is 21.9. The van der Waals surface area contributed by atoms with E-state index < -0.39 is 17.7 Å². The van der Waals surface area contributed by atoms with Gasteiger partial charge in [-0.15, -0.1) is 0 Å². The number of allylic oxidation sites excluding steroid dienone is 1. The van der Waals surface area contributed by atoms with E-state index in [1.807, 2.05) is 0 Å². The molecule has 0 aromatic carbocycles. The first kappa shape index (κ1) is 11.8. The van der Waals surface area contributed by atoms with E-state index in [-0.39, 0.29) is 12.0 Å². The number of nitrogens with two attached hydrogens (primary N) is 1. The Hall–Kier alpha value is -1.16. The summed E-state index contributed by atoms with van der Waals surface area (Å²) in [6.07, 6.45) is 0.827. The minimum atomic E-state index is -1.10. The van der Waals surface area contributed by atoms with Gasteiger partial charge in [0, 0.05) is 0 Å². The van der Waals surface area contributed by atoms with Crippen LogP contribution < -0.4 is 5.73 Å². The normalized spacial score (nSPS) is 12.2. The topological polar surface area (TPSA) is 80.4 Å². The van der Waals surface area contributed by atoms with Crippen molar-refractivity contribution in [2.45, 2.75) is 19.8 Å². The van der Waals surface area contributed by atoms with Crippen molar-refractivity contribution in [1.29, 1.82) is 0 Å². The van der Waals surface area contributed by atoms with Gasteiger partial charge in [0.1, 0.15) is 5.92 Å². The van der Waals surface area contributed by atoms with Crippen LogP contribution in [0.15, 0.2) is 12.2 Å². The maximum absolute atomic E-state index is 11.3. The van der Waals surface area contributed by atoms with E-state index in [4.69, 9.17) is 10.8 Å². The van der Waals surface area contributed by atoms with E-state index >= 15 is 0 Å². The average molecular weight is 185 g/mol. The molecule has 74 valence electrons. The van der Waals surface area contributed by atoms with Gasteiger partial charge in [-0.2, -0.15) is 0 Å². The number of hydrogen-bond acceptors (Lipinski definition) is 3. The molecule has 0 spiro atoms. The minimum Gasteiger partial charge on any atom is -0.481 e. The zero-order chi connectivity index (χ0) is 10.4. The maximum Gasteiger partial charge on any atom is 0.314 e. The van der Waals surface area contributed by atoms with Crippen LogP contribution in [0.1, 0.15) is 19.8 Å². The zero-order valence-corrected chi connectivity index (χ0v) is 7.75. The van der Waals surface area contributed by atoms with Crippen LogP contribution >= 0.6 is 0 Å². The van der Waals surface area contributed by atoms with Crippen molar-refractivity contribution in [2.75, 3.05) is 6.54 Å². The molecule has 0 aromatic heterocycles. The van der Waals surface area contributed by atoms with Crippen molar-refractivity contribution in [1.82, 2.24) is 0 Å². The van der Waals surface area contributed by atoms with E-state index in [0.717, 1.165) is 0 Å². The highest BCUT2D eigenvalue weighted by atomic mass is 16.4. The smallest absolute Gasteiger partial charge is 0.314 e. The maximum atomic E-state index is 11.3. The zero-order valence-electron chi connectivity index (χ0n) is 7.75. The lowest BCUT2D eigenvalue weighted by atomic mass is 9.95. The van der Waals surface area contributed by atoms with Gasteiger partial charge in [0.2, 0.25) is 0 Å². The Labute approximate surface area is 77.4 Å². The van der Waals surface area contributed by atoms with Crippen LogP contribution in [0.4, 0.5) is 0 Å². The molecule has 0 rings (SSSR count). The van der Waals surface area contributed by atoms with Gasteiger partial charge in [0.05, 0.1) is 0 Å². The van der Waals surface area contributed by atoms with Crippen molar-refractivity contribution in [2.24, 2.45) is 11.7 Å². The molecule has 1 unspecified atom stereocenters. The van der Waals surface area contributed by atoms with Gasteiger partial charge in [0.25, 0.3) is 0 Å². The van der Waals surface area contributed by atoms with E-state index in [2.05, 4.69) is 6.58 Å². The molecule has 1 atom stereocenters. The molecule has 0 bridgehead atoms. The SMILES string of the molecule is C=C(C)C(=O)C(CCCN)C(=O)O. The summed E-state index contributed by atoms with van der Waals surface area (Å²) < 4.78 is 0. The molecule has 0 amide bonds. The molecule has 13 heavy (non-hydrogen) atoms.